The van der Waals surface area contributed by atoms with E-state index in [0.717, 1.165) is 6.54 Å². The fourth-order valence-electron chi connectivity index (χ4n) is 2.99. The van der Waals surface area contributed by atoms with Crippen LogP contribution in [0, 0.1) is 12.8 Å². The SMILES string of the molecule is CCCN1CCC(CN)C1c1ccc(C)c(Br)c1. The molecule has 1 saturated heterocycles. The van der Waals surface area contributed by atoms with Crippen LogP contribution in [0.25, 0.3) is 0 Å². The number of hydrogen-bond donors (Lipinski definition) is 1. The Balaban J connectivity index is 2.28. The molecule has 100 valence electrons. The van der Waals surface area contributed by atoms with Gasteiger partial charge in [0.15, 0.2) is 0 Å². The van der Waals surface area contributed by atoms with Crippen molar-refractivity contribution >= 4 is 15.9 Å². The number of hydrogen-bond acceptors (Lipinski definition) is 2. The van der Waals surface area contributed by atoms with Crippen molar-refractivity contribution in [1.82, 2.24) is 4.90 Å². The molecule has 2 atom stereocenters. The molecule has 0 spiro atoms. The van der Waals surface area contributed by atoms with Crippen LogP contribution in [0.3, 0.4) is 0 Å². The highest BCUT2D eigenvalue weighted by molar-refractivity contribution is 9.10. The molecule has 0 aromatic heterocycles. The molecule has 1 heterocycles. The molecule has 2 nitrogen and oxygen atoms in total. The van der Waals surface area contributed by atoms with Crippen LogP contribution in [0.1, 0.15) is 36.9 Å². The maximum atomic E-state index is 5.95. The summed E-state index contributed by atoms with van der Waals surface area (Å²) in [6.07, 6.45) is 2.44. The minimum atomic E-state index is 0.506. The first kappa shape index (κ1) is 14.0. The van der Waals surface area contributed by atoms with Gasteiger partial charge in [0.2, 0.25) is 0 Å². The Morgan fingerprint density at radius 3 is 2.83 bits per heavy atom. The second kappa shape index (κ2) is 6.18. The first-order chi connectivity index (χ1) is 8.67. The maximum absolute atomic E-state index is 5.95. The summed E-state index contributed by atoms with van der Waals surface area (Å²) in [6.45, 7) is 7.53. The van der Waals surface area contributed by atoms with Gasteiger partial charge in [0.1, 0.15) is 0 Å². The summed E-state index contributed by atoms with van der Waals surface area (Å²) in [4.78, 5) is 2.59. The zero-order valence-electron chi connectivity index (χ0n) is 11.3. The van der Waals surface area contributed by atoms with Crippen molar-refractivity contribution in [1.29, 1.82) is 0 Å². The normalized spacial score (nSPS) is 24.7. The van der Waals surface area contributed by atoms with Crippen LogP contribution < -0.4 is 5.73 Å². The summed E-state index contributed by atoms with van der Waals surface area (Å²) in [5.41, 5.74) is 8.66. The molecule has 1 aliphatic rings. The molecule has 1 aromatic carbocycles. The van der Waals surface area contributed by atoms with E-state index in [1.54, 1.807) is 0 Å². The second-order valence-electron chi connectivity index (χ2n) is 5.27. The van der Waals surface area contributed by atoms with Crippen molar-refractivity contribution in [3.05, 3.63) is 33.8 Å². The predicted octanol–water partition coefficient (Wildman–Crippen LogP) is 3.49. The number of aryl methyl sites for hydroxylation is 1. The standard InChI is InChI=1S/C15H23BrN2/c1-3-7-18-8-6-13(10-17)15(18)12-5-4-11(2)14(16)9-12/h4-5,9,13,15H,3,6-8,10,17H2,1-2H3. The minimum absolute atomic E-state index is 0.506. The van der Waals surface area contributed by atoms with E-state index < -0.39 is 0 Å². The van der Waals surface area contributed by atoms with Gasteiger partial charge in [-0.25, -0.2) is 0 Å². The van der Waals surface area contributed by atoms with Crippen LogP contribution >= 0.6 is 15.9 Å². The molecule has 0 bridgehead atoms. The smallest absolute Gasteiger partial charge is 0.0389 e. The third-order valence-electron chi connectivity index (χ3n) is 3.98. The van der Waals surface area contributed by atoms with Gasteiger partial charge in [0.05, 0.1) is 0 Å². The van der Waals surface area contributed by atoms with Crippen LogP contribution in [0.15, 0.2) is 22.7 Å². The molecule has 2 N–H and O–H groups in total. The molecule has 1 aromatic rings. The summed E-state index contributed by atoms with van der Waals surface area (Å²) in [7, 11) is 0. The van der Waals surface area contributed by atoms with Gasteiger partial charge < -0.3 is 5.73 Å². The Morgan fingerprint density at radius 1 is 1.44 bits per heavy atom. The minimum Gasteiger partial charge on any atom is -0.330 e. The molecule has 2 unspecified atom stereocenters. The molecule has 1 aliphatic heterocycles. The fourth-order valence-corrected chi connectivity index (χ4v) is 3.38. The highest BCUT2D eigenvalue weighted by Gasteiger charge is 2.33. The van der Waals surface area contributed by atoms with Crippen molar-refractivity contribution in [2.45, 2.75) is 32.7 Å². The summed E-state index contributed by atoms with van der Waals surface area (Å²) >= 11 is 3.64. The van der Waals surface area contributed by atoms with Crippen LogP contribution in [0.2, 0.25) is 0 Å². The quantitative estimate of drug-likeness (QED) is 0.922. The monoisotopic (exact) mass is 310 g/mol. The van der Waals surface area contributed by atoms with Gasteiger partial charge in [0, 0.05) is 10.5 Å². The summed E-state index contributed by atoms with van der Waals surface area (Å²) in [5.74, 6) is 0.603. The highest BCUT2D eigenvalue weighted by atomic mass is 79.9. The molecule has 0 amide bonds. The number of nitrogens with two attached hydrogens (primary N) is 1. The lowest BCUT2D eigenvalue weighted by molar-refractivity contribution is 0.230. The Labute approximate surface area is 119 Å². The van der Waals surface area contributed by atoms with E-state index in [1.165, 1.54) is 41.5 Å². The van der Waals surface area contributed by atoms with E-state index in [0.29, 0.717) is 12.0 Å². The van der Waals surface area contributed by atoms with Crippen molar-refractivity contribution in [2.75, 3.05) is 19.6 Å². The van der Waals surface area contributed by atoms with E-state index >= 15 is 0 Å². The Morgan fingerprint density at radius 2 is 2.22 bits per heavy atom. The van der Waals surface area contributed by atoms with E-state index in [1.807, 2.05) is 0 Å². The Bertz CT molecular complexity index is 405. The van der Waals surface area contributed by atoms with Gasteiger partial charge in [-0.1, -0.05) is 35.0 Å². The van der Waals surface area contributed by atoms with Gasteiger partial charge in [-0.3, -0.25) is 4.90 Å². The van der Waals surface area contributed by atoms with Crippen molar-refractivity contribution < 1.29 is 0 Å². The molecule has 18 heavy (non-hydrogen) atoms. The Hall–Kier alpha value is -0.380. The number of benzene rings is 1. The topological polar surface area (TPSA) is 29.3 Å². The Kier molecular flexibility index (Phi) is 4.82. The van der Waals surface area contributed by atoms with Crippen LogP contribution in [-0.4, -0.2) is 24.5 Å². The summed E-state index contributed by atoms with van der Waals surface area (Å²) < 4.78 is 1.21. The zero-order chi connectivity index (χ0) is 13.1. The average Bonchev–Trinajstić information content (AvgIpc) is 2.76. The molecule has 3 heteroatoms. The van der Waals surface area contributed by atoms with E-state index in [-0.39, 0.29) is 0 Å². The number of rotatable bonds is 4. The van der Waals surface area contributed by atoms with Gasteiger partial charge >= 0.3 is 0 Å². The predicted molar refractivity (Wildman–Crippen MR) is 80.6 cm³/mol. The average molecular weight is 311 g/mol. The molecular formula is C15H23BrN2. The largest absolute Gasteiger partial charge is 0.330 e. The molecule has 2 rings (SSSR count). The third-order valence-corrected chi connectivity index (χ3v) is 4.83. The third kappa shape index (κ3) is 2.79. The lowest BCUT2D eigenvalue weighted by atomic mass is 9.93. The molecule has 0 saturated carbocycles. The van der Waals surface area contributed by atoms with Crippen LogP contribution in [0.4, 0.5) is 0 Å². The van der Waals surface area contributed by atoms with Gasteiger partial charge in [-0.05, 0) is 62.5 Å². The molecule has 0 aliphatic carbocycles. The fraction of sp³-hybridized carbons (Fsp3) is 0.600. The molecule has 1 fully saturated rings. The first-order valence-electron chi connectivity index (χ1n) is 6.87. The summed E-state index contributed by atoms with van der Waals surface area (Å²) in [6, 6.07) is 7.25. The maximum Gasteiger partial charge on any atom is 0.0389 e. The number of nitrogens with zero attached hydrogens (tertiary/aromatic N) is 1. The number of halogens is 1. The first-order valence-corrected chi connectivity index (χ1v) is 7.66. The van der Waals surface area contributed by atoms with Gasteiger partial charge in [-0.15, -0.1) is 0 Å². The van der Waals surface area contributed by atoms with E-state index in [4.69, 9.17) is 5.73 Å². The van der Waals surface area contributed by atoms with E-state index in [2.05, 4.69) is 52.9 Å². The van der Waals surface area contributed by atoms with Crippen molar-refractivity contribution in [3.63, 3.8) is 0 Å². The van der Waals surface area contributed by atoms with Gasteiger partial charge in [-0.2, -0.15) is 0 Å². The summed E-state index contributed by atoms with van der Waals surface area (Å²) in [5, 5.41) is 0. The lowest BCUT2D eigenvalue weighted by Gasteiger charge is -2.28. The number of likely N-dealkylation sites (tertiary alicyclic amines) is 1. The van der Waals surface area contributed by atoms with Crippen molar-refractivity contribution in [3.8, 4) is 0 Å². The van der Waals surface area contributed by atoms with E-state index in [9.17, 15) is 0 Å². The van der Waals surface area contributed by atoms with Crippen LogP contribution in [0.5, 0.6) is 0 Å². The lowest BCUT2D eigenvalue weighted by Crippen LogP contribution is -2.28. The zero-order valence-corrected chi connectivity index (χ0v) is 12.9. The van der Waals surface area contributed by atoms with Crippen molar-refractivity contribution in [2.24, 2.45) is 11.7 Å². The van der Waals surface area contributed by atoms with Crippen LogP contribution in [-0.2, 0) is 0 Å². The molecular weight excluding hydrogens is 288 g/mol. The second-order valence-corrected chi connectivity index (χ2v) is 6.13. The van der Waals surface area contributed by atoms with Gasteiger partial charge in [0.25, 0.3) is 0 Å². The molecule has 0 radical (unpaired) electrons. The highest BCUT2D eigenvalue weighted by Crippen LogP contribution is 2.37.